The lowest BCUT2D eigenvalue weighted by atomic mass is 9.83. The lowest BCUT2D eigenvalue weighted by Crippen LogP contribution is -2.31. The maximum Gasteiger partial charge on any atom is 0.256 e. The average molecular weight is 410 g/mol. The molecule has 1 aromatic carbocycles. The van der Waals surface area contributed by atoms with Crippen LogP contribution in [0.5, 0.6) is 0 Å². The standard InChI is InChI=1S/C24H28FN3O2/c1-13-17-7-4-15(5-9-23(29)14(2)26-3)10-22(17)27-21(13)12-19-18-11-16(25)6-8-20(18)28-24(19)30/h6,8,11-12,14-15,26-27H,4-5,7,9-10H2,1-3H3,(H,28,30)/b19-12-/t14-,15?/m0/s1. The molecule has 0 spiro atoms. The van der Waals surface area contributed by atoms with Crippen LogP contribution in [-0.2, 0) is 22.4 Å². The van der Waals surface area contributed by atoms with Crippen molar-refractivity contribution in [2.45, 2.75) is 52.0 Å². The molecule has 0 saturated carbocycles. The highest BCUT2D eigenvalue weighted by Gasteiger charge is 2.27. The van der Waals surface area contributed by atoms with E-state index in [-0.39, 0.29) is 23.5 Å². The van der Waals surface area contributed by atoms with Gasteiger partial charge in [-0.1, -0.05) is 0 Å². The van der Waals surface area contributed by atoms with Gasteiger partial charge in [-0.25, -0.2) is 4.39 Å². The van der Waals surface area contributed by atoms with Crippen molar-refractivity contribution in [2.24, 2.45) is 5.92 Å². The van der Waals surface area contributed by atoms with Crippen LogP contribution in [0.1, 0.15) is 54.3 Å². The molecule has 6 heteroatoms. The zero-order valence-corrected chi connectivity index (χ0v) is 17.7. The topological polar surface area (TPSA) is 74.0 Å². The van der Waals surface area contributed by atoms with Crippen LogP contribution in [0.15, 0.2) is 18.2 Å². The minimum absolute atomic E-state index is 0.0969. The van der Waals surface area contributed by atoms with E-state index in [1.807, 2.05) is 20.0 Å². The number of benzene rings is 1. The first-order valence-corrected chi connectivity index (χ1v) is 10.6. The van der Waals surface area contributed by atoms with Crippen LogP contribution in [0.3, 0.4) is 0 Å². The smallest absolute Gasteiger partial charge is 0.256 e. The molecular formula is C24H28FN3O2. The zero-order chi connectivity index (χ0) is 21.4. The first kappa shape index (κ1) is 20.5. The molecule has 1 aliphatic carbocycles. The zero-order valence-electron chi connectivity index (χ0n) is 17.7. The van der Waals surface area contributed by atoms with Gasteiger partial charge in [-0.3, -0.25) is 9.59 Å². The molecule has 158 valence electrons. The normalized spacial score (nSPS) is 20.1. The van der Waals surface area contributed by atoms with Crippen LogP contribution in [0, 0.1) is 18.7 Å². The SMILES string of the molecule is CN[C@@H](C)C(=O)CCC1CCc2c([nH]c(/C=C3\C(=O)Nc4ccc(F)cc43)c2C)C1. The predicted molar refractivity (Wildman–Crippen MR) is 117 cm³/mol. The fraction of sp³-hybridized carbons (Fsp3) is 0.417. The molecule has 3 N–H and O–H groups in total. The van der Waals surface area contributed by atoms with Crippen molar-refractivity contribution >= 4 is 29.0 Å². The summed E-state index contributed by atoms with van der Waals surface area (Å²) in [6.07, 6.45) is 6.28. The molecule has 0 radical (unpaired) electrons. The quantitative estimate of drug-likeness (QED) is 0.631. The predicted octanol–water partition coefficient (Wildman–Crippen LogP) is 4.02. The summed E-state index contributed by atoms with van der Waals surface area (Å²) in [4.78, 5) is 28.1. The Morgan fingerprint density at radius 2 is 2.20 bits per heavy atom. The van der Waals surface area contributed by atoms with Gasteiger partial charge in [0.2, 0.25) is 0 Å². The Morgan fingerprint density at radius 3 is 2.97 bits per heavy atom. The largest absolute Gasteiger partial charge is 0.358 e. The molecule has 1 aliphatic heterocycles. The van der Waals surface area contributed by atoms with Crippen LogP contribution in [0.2, 0.25) is 0 Å². The summed E-state index contributed by atoms with van der Waals surface area (Å²) in [5.41, 5.74) is 6.28. The Bertz CT molecular complexity index is 1040. The lowest BCUT2D eigenvalue weighted by molar-refractivity contribution is -0.120. The lowest BCUT2D eigenvalue weighted by Gasteiger charge is -2.22. The molecular weight excluding hydrogens is 381 g/mol. The number of H-pyrrole nitrogens is 1. The van der Waals surface area contributed by atoms with E-state index in [4.69, 9.17) is 0 Å². The number of Topliss-reactive ketones (excluding diaryl/α,β-unsaturated/α-hetero) is 1. The van der Waals surface area contributed by atoms with Gasteiger partial charge in [0.05, 0.1) is 11.6 Å². The number of aromatic amines is 1. The van der Waals surface area contributed by atoms with Crippen molar-refractivity contribution in [1.29, 1.82) is 0 Å². The van der Waals surface area contributed by atoms with Crippen LogP contribution >= 0.6 is 0 Å². The third-order valence-corrected chi connectivity index (χ3v) is 6.57. The summed E-state index contributed by atoms with van der Waals surface area (Å²) < 4.78 is 13.7. The van der Waals surface area contributed by atoms with Gasteiger partial charge in [-0.2, -0.15) is 0 Å². The molecule has 0 bridgehead atoms. The molecule has 2 atom stereocenters. The van der Waals surface area contributed by atoms with E-state index in [9.17, 15) is 14.0 Å². The van der Waals surface area contributed by atoms with Crippen molar-refractivity contribution in [3.8, 4) is 0 Å². The molecule has 0 saturated heterocycles. The number of anilines is 1. The number of carbonyl (C=O) groups excluding carboxylic acids is 2. The number of fused-ring (bicyclic) bond motifs is 2. The summed E-state index contributed by atoms with van der Waals surface area (Å²) in [5, 5.41) is 5.81. The van der Waals surface area contributed by atoms with Gasteiger partial charge in [0.1, 0.15) is 11.6 Å². The van der Waals surface area contributed by atoms with E-state index >= 15 is 0 Å². The number of rotatable bonds is 6. The first-order valence-electron chi connectivity index (χ1n) is 10.6. The molecule has 2 aliphatic rings. The van der Waals surface area contributed by atoms with Gasteiger partial charge in [0, 0.05) is 29.1 Å². The number of hydrogen-bond acceptors (Lipinski definition) is 3. The van der Waals surface area contributed by atoms with E-state index in [1.54, 1.807) is 6.07 Å². The van der Waals surface area contributed by atoms with Crippen LogP contribution in [-0.4, -0.2) is 29.8 Å². The van der Waals surface area contributed by atoms with Crippen molar-refractivity contribution in [3.63, 3.8) is 0 Å². The van der Waals surface area contributed by atoms with Crippen molar-refractivity contribution < 1.29 is 14.0 Å². The van der Waals surface area contributed by atoms with E-state index < -0.39 is 0 Å². The number of aromatic nitrogens is 1. The van der Waals surface area contributed by atoms with E-state index in [0.29, 0.717) is 29.2 Å². The minimum atomic E-state index is -0.358. The molecule has 2 heterocycles. The highest BCUT2D eigenvalue weighted by molar-refractivity contribution is 6.34. The van der Waals surface area contributed by atoms with Gasteiger partial charge >= 0.3 is 0 Å². The third kappa shape index (κ3) is 3.84. The molecule has 0 fully saturated rings. The fourth-order valence-electron chi connectivity index (χ4n) is 4.53. The first-order chi connectivity index (χ1) is 14.4. The summed E-state index contributed by atoms with van der Waals surface area (Å²) in [6.45, 7) is 3.97. The van der Waals surface area contributed by atoms with E-state index in [2.05, 4.69) is 22.5 Å². The van der Waals surface area contributed by atoms with Crippen molar-refractivity contribution in [2.75, 3.05) is 12.4 Å². The van der Waals surface area contributed by atoms with Crippen molar-refractivity contribution in [3.05, 3.63) is 52.1 Å². The second-order valence-corrected chi connectivity index (χ2v) is 8.45. The number of ketones is 1. The summed E-state index contributed by atoms with van der Waals surface area (Å²) >= 11 is 0. The highest BCUT2D eigenvalue weighted by atomic mass is 19.1. The number of halogens is 1. The van der Waals surface area contributed by atoms with E-state index in [1.165, 1.54) is 23.4 Å². The molecule has 4 rings (SSSR count). The Labute approximate surface area is 176 Å². The molecule has 1 aromatic heterocycles. The second-order valence-electron chi connectivity index (χ2n) is 8.45. The Balaban J connectivity index is 1.53. The summed E-state index contributed by atoms with van der Waals surface area (Å²) in [5.74, 6) is 0.171. The second kappa shape index (κ2) is 8.19. The summed E-state index contributed by atoms with van der Waals surface area (Å²) in [6, 6.07) is 4.25. The summed E-state index contributed by atoms with van der Waals surface area (Å²) in [7, 11) is 1.81. The maximum atomic E-state index is 13.7. The molecule has 2 aromatic rings. The molecule has 1 amide bonds. The molecule has 5 nitrogen and oxygen atoms in total. The number of hydrogen-bond donors (Lipinski definition) is 3. The fourth-order valence-corrected chi connectivity index (χ4v) is 4.53. The third-order valence-electron chi connectivity index (χ3n) is 6.57. The van der Waals surface area contributed by atoms with Crippen LogP contribution in [0.4, 0.5) is 10.1 Å². The number of likely N-dealkylation sites (N-methyl/N-ethyl adjacent to an activating group) is 1. The average Bonchev–Trinajstić information content (AvgIpc) is 3.21. The Hall–Kier alpha value is -2.73. The highest BCUT2D eigenvalue weighted by Crippen LogP contribution is 2.36. The molecule has 30 heavy (non-hydrogen) atoms. The van der Waals surface area contributed by atoms with E-state index in [0.717, 1.165) is 36.9 Å². The Kier molecular flexibility index (Phi) is 5.60. The van der Waals surface area contributed by atoms with Gasteiger partial charge in [-0.05, 0) is 87.9 Å². The maximum absolute atomic E-state index is 13.7. The van der Waals surface area contributed by atoms with Crippen LogP contribution in [0.25, 0.3) is 11.6 Å². The van der Waals surface area contributed by atoms with Gasteiger partial charge in [-0.15, -0.1) is 0 Å². The van der Waals surface area contributed by atoms with Crippen LogP contribution < -0.4 is 10.6 Å². The van der Waals surface area contributed by atoms with Gasteiger partial charge in [0.25, 0.3) is 5.91 Å². The monoisotopic (exact) mass is 409 g/mol. The number of carbonyl (C=O) groups is 2. The van der Waals surface area contributed by atoms with Crippen molar-refractivity contribution in [1.82, 2.24) is 10.3 Å². The Morgan fingerprint density at radius 1 is 1.40 bits per heavy atom. The van der Waals surface area contributed by atoms with Gasteiger partial charge in [0.15, 0.2) is 0 Å². The minimum Gasteiger partial charge on any atom is -0.358 e. The number of amides is 1. The number of nitrogens with one attached hydrogen (secondary N) is 3. The molecule has 1 unspecified atom stereocenters. The van der Waals surface area contributed by atoms with Gasteiger partial charge < -0.3 is 15.6 Å².